The highest BCUT2D eigenvalue weighted by Crippen LogP contribution is 2.17. The number of carbonyl (C=O) groups excluding carboxylic acids is 1. The minimum Gasteiger partial charge on any atom is -0.492 e. The number of anilines is 1. The Kier molecular flexibility index (Phi) is 12.2. The van der Waals surface area contributed by atoms with Crippen LogP contribution < -0.4 is 10.1 Å². The van der Waals surface area contributed by atoms with E-state index in [9.17, 15) is 24.8 Å². The Morgan fingerprint density at radius 1 is 1.03 bits per heavy atom. The van der Waals surface area contributed by atoms with Gasteiger partial charge < -0.3 is 24.8 Å². The van der Waals surface area contributed by atoms with Crippen LogP contribution >= 0.6 is 0 Å². The van der Waals surface area contributed by atoms with E-state index in [1.807, 2.05) is 0 Å². The molecule has 10 heteroatoms. The average molecular weight is 502 g/mol. The number of amides is 2. The number of nitro groups is 1. The molecule has 2 N–H and O–H groups in total. The van der Waals surface area contributed by atoms with Gasteiger partial charge in [-0.1, -0.05) is 38.3 Å². The highest BCUT2D eigenvalue weighted by atomic mass is 16.6. The van der Waals surface area contributed by atoms with Crippen molar-refractivity contribution in [1.29, 1.82) is 0 Å². The normalized spacial score (nSPS) is 11.5. The van der Waals surface area contributed by atoms with Crippen molar-refractivity contribution in [3.8, 4) is 5.75 Å². The molecule has 0 heterocycles. The second kappa shape index (κ2) is 15.4. The molecular formula is C26H35N3O7. The van der Waals surface area contributed by atoms with E-state index in [1.54, 1.807) is 36.1 Å². The van der Waals surface area contributed by atoms with Crippen molar-refractivity contribution in [1.82, 2.24) is 4.90 Å². The molecule has 0 aromatic heterocycles. The Bertz CT molecular complexity index is 965. The smallest absolute Gasteiger partial charge is 0.333 e. The van der Waals surface area contributed by atoms with Gasteiger partial charge in [-0.2, -0.15) is 0 Å². The lowest BCUT2D eigenvalue weighted by molar-refractivity contribution is -0.384. The van der Waals surface area contributed by atoms with E-state index in [0.717, 1.165) is 31.2 Å². The summed E-state index contributed by atoms with van der Waals surface area (Å²) in [5, 5.41) is 22.9. The zero-order chi connectivity index (χ0) is 26.3. The first kappa shape index (κ1) is 28.6. The van der Waals surface area contributed by atoms with Crippen LogP contribution in [0, 0.1) is 10.1 Å². The number of rotatable bonds is 16. The zero-order valence-corrected chi connectivity index (χ0v) is 20.9. The van der Waals surface area contributed by atoms with Gasteiger partial charge in [0.2, 0.25) is 0 Å². The number of hydrogen-bond acceptors (Lipinski definition) is 6. The first-order valence-corrected chi connectivity index (χ1v) is 12.2. The van der Waals surface area contributed by atoms with Crippen LogP contribution in [0.4, 0.5) is 16.2 Å². The van der Waals surface area contributed by atoms with Gasteiger partial charge in [-0.15, -0.1) is 0 Å². The number of urea groups is 1. The number of carboxylic acid groups (broad SMARTS) is 1. The van der Waals surface area contributed by atoms with Crippen LogP contribution in [0.5, 0.6) is 5.75 Å². The number of ether oxygens (including phenoxy) is 2. The number of nitrogens with one attached hydrogen (secondary N) is 1. The highest BCUT2D eigenvalue weighted by molar-refractivity contribution is 5.89. The van der Waals surface area contributed by atoms with Crippen molar-refractivity contribution >= 4 is 23.4 Å². The minimum atomic E-state index is -0.997. The summed E-state index contributed by atoms with van der Waals surface area (Å²) in [5.74, 6) is -0.382. The molecule has 0 spiro atoms. The first-order chi connectivity index (χ1) is 17.3. The largest absolute Gasteiger partial charge is 0.492 e. The van der Waals surface area contributed by atoms with Crippen LogP contribution in [-0.2, 0) is 16.0 Å². The Morgan fingerprint density at radius 3 is 2.31 bits per heavy atom. The monoisotopic (exact) mass is 501 g/mol. The Morgan fingerprint density at radius 2 is 1.72 bits per heavy atom. The lowest BCUT2D eigenvalue weighted by Crippen LogP contribution is -2.38. The molecule has 1 unspecified atom stereocenters. The molecule has 0 aliphatic rings. The molecule has 0 saturated heterocycles. The van der Waals surface area contributed by atoms with Crippen molar-refractivity contribution in [2.24, 2.45) is 0 Å². The molecule has 0 saturated carbocycles. The number of aliphatic carboxylic acids is 1. The Hall–Kier alpha value is -3.66. The standard InChI is InChI=1S/C26H35N3O7/c1-3-5-6-7-16-28(26(32)27-21-10-12-22(13-11-21)29(33)34)17-18-36-23-14-8-20(9-15-23)19-24(25(30)31)35-4-2/h8-15,24H,3-7,16-19H2,1-2H3,(H,27,32)(H,30,31). The predicted octanol–water partition coefficient (Wildman–Crippen LogP) is 5.12. The third kappa shape index (κ3) is 9.91. The van der Waals surface area contributed by atoms with Gasteiger partial charge in [0.15, 0.2) is 6.10 Å². The fourth-order valence-electron chi connectivity index (χ4n) is 3.54. The summed E-state index contributed by atoms with van der Waals surface area (Å²) in [6.45, 7) is 5.40. The highest BCUT2D eigenvalue weighted by Gasteiger charge is 2.18. The Labute approximate surface area is 211 Å². The average Bonchev–Trinajstić information content (AvgIpc) is 2.86. The number of benzene rings is 2. The number of nitro benzene ring substituents is 1. The van der Waals surface area contributed by atoms with Gasteiger partial charge in [0.1, 0.15) is 12.4 Å². The van der Waals surface area contributed by atoms with E-state index in [-0.39, 0.29) is 24.7 Å². The fraction of sp³-hybridized carbons (Fsp3) is 0.462. The summed E-state index contributed by atoms with van der Waals surface area (Å²) < 4.78 is 11.1. The van der Waals surface area contributed by atoms with Crippen molar-refractivity contribution in [2.45, 2.75) is 52.1 Å². The maximum atomic E-state index is 12.9. The van der Waals surface area contributed by atoms with Gasteiger partial charge in [0, 0.05) is 37.4 Å². The molecular weight excluding hydrogens is 466 g/mol. The summed E-state index contributed by atoms with van der Waals surface area (Å²) in [4.78, 5) is 36.2. The van der Waals surface area contributed by atoms with Gasteiger partial charge in [-0.3, -0.25) is 10.1 Å². The van der Waals surface area contributed by atoms with Crippen LogP contribution in [0.15, 0.2) is 48.5 Å². The van der Waals surface area contributed by atoms with Crippen molar-refractivity contribution in [3.63, 3.8) is 0 Å². The number of unbranched alkanes of at least 4 members (excludes halogenated alkanes) is 3. The summed E-state index contributed by atoms with van der Waals surface area (Å²) in [5.41, 5.74) is 1.26. The van der Waals surface area contributed by atoms with E-state index < -0.39 is 17.0 Å². The number of carboxylic acids is 1. The minimum absolute atomic E-state index is 0.0415. The van der Waals surface area contributed by atoms with Gasteiger partial charge in [0.25, 0.3) is 5.69 Å². The summed E-state index contributed by atoms with van der Waals surface area (Å²) in [6, 6.07) is 12.5. The quantitative estimate of drug-likeness (QED) is 0.185. The van der Waals surface area contributed by atoms with Crippen LogP contribution in [0.25, 0.3) is 0 Å². The molecule has 1 atom stereocenters. The van der Waals surface area contributed by atoms with Crippen molar-refractivity contribution < 1.29 is 29.1 Å². The first-order valence-electron chi connectivity index (χ1n) is 12.2. The molecule has 10 nitrogen and oxygen atoms in total. The molecule has 0 aliphatic heterocycles. The molecule has 0 fully saturated rings. The number of non-ortho nitro benzene ring substituents is 1. The van der Waals surface area contributed by atoms with E-state index in [1.165, 1.54) is 24.3 Å². The zero-order valence-electron chi connectivity index (χ0n) is 20.9. The SMILES string of the molecule is CCCCCCN(CCOc1ccc(CC(OCC)C(=O)O)cc1)C(=O)Nc1ccc([N+](=O)[O-])cc1. The van der Waals surface area contributed by atoms with Crippen LogP contribution in [-0.4, -0.2) is 59.3 Å². The number of nitrogens with zero attached hydrogens (tertiary/aromatic N) is 2. The maximum Gasteiger partial charge on any atom is 0.333 e. The molecule has 0 radical (unpaired) electrons. The Balaban J connectivity index is 1.92. The third-order valence-corrected chi connectivity index (χ3v) is 5.52. The van der Waals surface area contributed by atoms with E-state index in [0.29, 0.717) is 31.1 Å². The van der Waals surface area contributed by atoms with Gasteiger partial charge in [0.05, 0.1) is 11.5 Å². The summed E-state index contributed by atoms with van der Waals surface area (Å²) in [6.07, 6.45) is 3.42. The molecule has 2 amide bonds. The van der Waals surface area contributed by atoms with Gasteiger partial charge in [-0.05, 0) is 43.2 Å². The molecule has 0 aliphatic carbocycles. The molecule has 196 valence electrons. The second-order valence-electron chi connectivity index (χ2n) is 8.26. The van der Waals surface area contributed by atoms with Crippen LogP contribution in [0.3, 0.4) is 0 Å². The third-order valence-electron chi connectivity index (χ3n) is 5.52. The van der Waals surface area contributed by atoms with Gasteiger partial charge in [-0.25, -0.2) is 9.59 Å². The number of carbonyl (C=O) groups is 2. The predicted molar refractivity (Wildman–Crippen MR) is 137 cm³/mol. The van der Waals surface area contributed by atoms with E-state index in [4.69, 9.17) is 9.47 Å². The van der Waals surface area contributed by atoms with Crippen molar-refractivity contribution in [3.05, 3.63) is 64.2 Å². The van der Waals surface area contributed by atoms with Gasteiger partial charge >= 0.3 is 12.0 Å². The topological polar surface area (TPSA) is 131 Å². The second-order valence-corrected chi connectivity index (χ2v) is 8.26. The lowest BCUT2D eigenvalue weighted by atomic mass is 10.1. The molecule has 36 heavy (non-hydrogen) atoms. The maximum absolute atomic E-state index is 12.9. The van der Waals surface area contributed by atoms with Crippen LogP contribution in [0.1, 0.15) is 45.1 Å². The lowest BCUT2D eigenvalue weighted by Gasteiger charge is -2.23. The molecule has 2 aromatic rings. The van der Waals surface area contributed by atoms with E-state index >= 15 is 0 Å². The summed E-state index contributed by atoms with van der Waals surface area (Å²) >= 11 is 0. The molecule has 0 bridgehead atoms. The number of hydrogen-bond donors (Lipinski definition) is 2. The fourth-order valence-corrected chi connectivity index (χ4v) is 3.54. The molecule has 2 rings (SSSR count). The van der Waals surface area contributed by atoms with Crippen molar-refractivity contribution in [2.75, 3.05) is 31.6 Å². The summed E-state index contributed by atoms with van der Waals surface area (Å²) in [7, 11) is 0. The molecule has 2 aromatic carbocycles. The van der Waals surface area contributed by atoms with Crippen LogP contribution in [0.2, 0.25) is 0 Å². The van der Waals surface area contributed by atoms with E-state index in [2.05, 4.69) is 12.2 Å².